The molecular weight excluding hydrogens is 296 g/mol. The molecule has 0 saturated carbocycles. The molecule has 2 rings (SSSR count). The predicted octanol–water partition coefficient (Wildman–Crippen LogP) is 2.15. The fourth-order valence-electron chi connectivity index (χ4n) is 1.58. The van der Waals surface area contributed by atoms with Gasteiger partial charge in [-0.2, -0.15) is 5.10 Å². The molecule has 1 N–H and O–H groups in total. The van der Waals surface area contributed by atoms with Crippen molar-refractivity contribution in [2.75, 3.05) is 7.05 Å². The number of carbonyl (C=O) groups excluding carboxylic acids is 1. The third kappa shape index (κ3) is 2.76. The van der Waals surface area contributed by atoms with Gasteiger partial charge in [-0.3, -0.25) is 9.89 Å². The zero-order chi connectivity index (χ0) is 13.1. The maximum absolute atomic E-state index is 12.2. The lowest BCUT2D eigenvalue weighted by atomic mass is 10.2. The van der Waals surface area contributed by atoms with E-state index in [1.54, 1.807) is 18.0 Å². The number of hydrogen-bond donors (Lipinski definition) is 1. The molecule has 0 aliphatic rings. The van der Waals surface area contributed by atoms with E-state index < -0.39 is 0 Å². The first-order valence-electron chi connectivity index (χ1n) is 5.46. The molecule has 0 unspecified atom stereocenters. The first-order valence-corrected chi connectivity index (χ1v) is 6.25. The highest BCUT2D eigenvalue weighted by molar-refractivity contribution is 9.10. The van der Waals surface area contributed by atoms with Crippen LogP contribution in [0.1, 0.15) is 22.0 Å². The maximum Gasteiger partial charge on any atom is 0.255 e. The molecule has 0 atom stereocenters. The van der Waals surface area contributed by atoms with Crippen molar-refractivity contribution in [3.8, 4) is 0 Å². The molecule has 1 aromatic carbocycles. The highest BCUT2D eigenvalue weighted by atomic mass is 79.9. The van der Waals surface area contributed by atoms with Crippen molar-refractivity contribution in [2.45, 2.75) is 13.5 Å². The van der Waals surface area contributed by atoms with Crippen LogP contribution in [0, 0.1) is 6.92 Å². The number of aryl methyl sites for hydroxylation is 1. The molecule has 2 aromatic rings. The Morgan fingerprint density at radius 2 is 2.17 bits per heavy atom. The molecule has 1 heterocycles. The van der Waals surface area contributed by atoms with Crippen LogP contribution in [-0.4, -0.2) is 33.0 Å². The number of aromatic amines is 1. The lowest BCUT2D eigenvalue weighted by Gasteiger charge is -2.16. The van der Waals surface area contributed by atoms with E-state index in [9.17, 15) is 4.79 Å². The number of nitrogens with zero attached hydrogens (tertiary/aromatic N) is 3. The zero-order valence-corrected chi connectivity index (χ0v) is 11.7. The van der Waals surface area contributed by atoms with Gasteiger partial charge in [0.2, 0.25) is 0 Å². The van der Waals surface area contributed by atoms with Gasteiger partial charge in [-0.1, -0.05) is 12.1 Å². The number of halogens is 1. The normalized spacial score (nSPS) is 10.4. The molecular formula is C12H13BrN4O. The minimum Gasteiger partial charge on any atom is -0.334 e. The summed E-state index contributed by atoms with van der Waals surface area (Å²) in [5.41, 5.74) is 0.632. The third-order valence-electron chi connectivity index (χ3n) is 2.47. The summed E-state index contributed by atoms with van der Waals surface area (Å²) >= 11 is 3.37. The zero-order valence-electron chi connectivity index (χ0n) is 10.1. The Kier molecular flexibility index (Phi) is 3.76. The average molecular weight is 309 g/mol. The summed E-state index contributed by atoms with van der Waals surface area (Å²) in [7, 11) is 1.73. The monoisotopic (exact) mass is 308 g/mol. The fraction of sp³-hybridized carbons (Fsp3) is 0.250. The van der Waals surface area contributed by atoms with Crippen LogP contribution in [0.25, 0.3) is 0 Å². The van der Waals surface area contributed by atoms with Gasteiger partial charge in [-0.25, -0.2) is 4.98 Å². The van der Waals surface area contributed by atoms with E-state index in [0.717, 1.165) is 10.3 Å². The lowest BCUT2D eigenvalue weighted by Crippen LogP contribution is -2.27. The largest absolute Gasteiger partial charge is 0.334 e. The Hall–Kier alpha value is -1.69. The van der Waals surface area contributed by atoms with Gasteiger partial charge >= 0.3 is 0 Å². The quantitative estimate of drug-likeness (QED) is 0.945. The summed E-state index contributed by atoms with van der Waals surface area (Å²) in [6, 6.07) is 7.34. The molecule has 0 bridgehead atoms. The van der Waals surface area contributed by atoms with Crippen molar-refractivity contribution in [2.24, 2.45) is 0 Å². The molecule has 0 aliphatic heterocycles. The van der Waals surface area contributed by atoms with Crippen molar-refractivity contribution in [1.82, 2.24) is 20.1 Å². The molecule has 94 valence electrons. The summed E-state index contributed by atoms with van der Waals surface area (Å²) < 4.78 is 0.785. The Bertz CT molecular complexity index is 567. The maximum atomic E-state index is 12.2. The molecule has 0 aliphatic carbocycles. The Labute approximate surface area is 113 Å². The number of aromatic nitrogens is 3. The summed E-state index contributed by atoms with van der Waals surface area (Å²) in [6.45, 7) is 2.20. The molecule has 1 aromatic heterocycles. The predicted molar refractivity (Wildman–Crippen MR) is 71.1 cm³/mol. The van der Waals surface area contributed by atoms with Crippen LogP contribution in [-0.2, 0) is 6.54 Å². The minimum atomic E-state index is -0.0649. The molecule has 1 amide bonds. The lowest BCUT2D eigenvalue weighted by molar-refractivity contribution is 0.0781. The van der Waals surface area contributed by atoms with Crippen LogP contribution in [0.15, 0.2) is 28.7 Å². The van der Waals surface area contributed by atoms with Crippen molar-refractivity contribution in [3.05, 3.63) is 46.0 Å². The number of rotatable bonds is 3. The van der Waals surface area contributed by atoms with E-state index in [4.69, 9.17) is 0 Å². The second kappa shape index (κ2) is 5.30. The summed E-state index contributed by atoms with van der Waals surface area (Å²) in [6.07, 6.45) is 0. The number of nitrogens with one attached hydrogen (secondary N) is 1. The van der Waals surface area contributed by atoms with Crippen LogP contribution in [0.3, 0.4) is 0 Å². The van der Waals surface area contributed by atoms with E-state index in [0.29, 0.717) is 17.9 Å². The number of hydrogen-bond acceptors (Lipinski definition) is 3. The number of H-pyrrole nitrogens is 1. The number of amides is 1. The number of carbonyl (C=O) groups is 1. The SMILES string of the molecule is Cc1nc(CN(C)C(=O)c2ccccc2Br)n[nH]1. The summed E-state index contributed by atoms with van der Waals surface area (Å²) in [4.78, 5) is 18.0. The van der Waals surface area contributed by atoms with Gasteiger partial charge in [0.05, 0.1) is 12.1 Å². The van der Waals surface area contributed by atoms with Crippen LogP contribution in [0.2, 0.25) is 0 Å². The first kappa shape index (κ1) is 12.8. The molecule has 0 saturated heterocycles. The van der Waals surface area contributed by atoms with E-state index in [-0.39, 0.29) is 5.91 Å². The van der Waals surface area contributed by atoms with Gasteiger partial charge in [0, 0.05) is 11.5 Å². The van der Waals surface area contributed by atoms with E-state index in [1.807, 2.05) is 25.1 Å². The second-order valence-electron chi connectivity index (χ2n) is 3.98. The van der Waals surface area contributed by atoms with Gasteiger partial charge in [0.15, 0.2) is 5.82 Å². The van der Waals surface area contributed by atoms with E-state index >= 15 is 0 Å². The van der Waals surface area contributed by atoms with Gasteiger partial charge in [0.25, 0.3) is 5.91 Å². The number of benzene rings is 1. The van der Waals surface area contributed by atoms with Gasteiger partial charge in [-0.15, -0.1) is 0 Å². The van der Waals surface area contributed by atoms with Crippen LogP contribution in [0.5, 0.6) is 0 Å². The van der Waals surface area contributed by atoms with Gasteiger partial charge in [-0.05, 0) is 35.0 Å². The third-order valence-corrected chi connectivity index (χ3v) is 3.16. The molecule has 18 heavy (non-hydrogen) atoms. The Morgan fingerprint density at radius 1 is 1.44 bits per heavy atom. The summed E-state index contributed by atoms with van der Waals surface area (Å²) in [5, 5.41) is 6.77. The van der Waals surface area contributed by atoms with Crippen LogP contribution in [0.4, 0.5) is 0 Å². The topological polar surface area (TPSA) is 61.9 Å². The van der Waals surface area contributed by atoms with Crippen LogP contribution < -0.4 is 0 Å². The van der Waals surface area contributed by atoms with Crippen molar-refractivity contribution in [1.29, 1.82) is 0 Å². The van der Waals surface area contributed by atoms with E-state index in [1.165, 1.54) is 0 Å². The summed E-state index contributed by atoms with van der Waals surface area (Å²) in [5.74, 6) is 1.28. The fourth-order valence-corrected chi connectivity index (χ4v) is 2.04. The van der Waals surface area contributed by atoms with Crippen molar-refractivity contribution in [3.63, 3.8) is 0 Å². The Morgan fingerprint density at radius 3 is 2.78 bits per heavy atom. The highest BCUT2D eigenvalue weighted by Crippen LogP contribution is 2.17. The standard InChI is InChI=1S/C12H13BrN4O/c1-8-14-11(16-15-8)7-17(2)12(18)9-5-3-4-6-10(9)13/h3-6H,7H2,1-2H3,(H,14,15,16). The van der Waals surface area contributed by atoms with E-state index in [2.05, 4.69) is 31.1 Å². The van der Waals surface area contributed by atoms with Crippen LogP contribution >= 0.6 is 15.9 Å². The minimum absolute atomic E-state index is 0.0649. The van der Waals surface area contributed by atoms with Gasteiger partial charge < -0.3 is 4.90 Å². The van der Waals surface area contributed by atoms with Crippen molar-refractivity contribution >= 4 is 21.8 Å². The highest BCUT2D eigenvalue weighted by Gasteiger charge is 2.15. The Balaban J connectivity index is 2.12. The second-order valence-corrected chi connectivity index (χ2v) is 4.83. The first-order chi connectivity index (χ1) is 8.58. The smallest absolute Gasteiger partial charge is 0.255 e. The molecule has 0 fully saturated rings. The molecule has 0 radical (unpaired) electrons. The molecule has 5 nitrogen and oxygen atoms in total. The average Bonchev–Trinajstić information content (AvgIpc) is 2.74. The molecule has 6 heteroatoms. The molecule has 0 spiro atoms. The van der Waals surface area contributed by atoms with Crippen molar-refractivity contribution < 1.29 is 4.79 Å². The van der Waals surface area contributed by atoms with Gasteiger partial charge in [0.1, 0.15) is 5.82 Å².